The molecule has 0 saturated heterocycles. The number of benzene rings is 2. The number of hydrogen-bond donors (Lipinski definition) is 2. The van der Waals surface area contributed by atoms with E-state index in [0.29, 0.717) is 24.6 Å². The second kappa shape index (κ2) is 9.06. The molecule has 2 aromatic rings. The van der Waals surface area contributed by atoms with Crippen molar-refractivity contribution >= 4 is 29.7 Å². The van der Waals surface area contributed by atoms with Crippen LogP contribution in [-0.4, -0.2) is 12.5 Å². The monoisotopic (exact) mass is 334 g/mol. The van der Waals surface area contributed by atoms with Gasteiger partial charge in [-0.25, -0.2) is 0 Å². The van der Waals surface area contributed by atoms with Gasteiger partial charge in [0.05, 0.1) is 13.0 Å². The van der Waals surface area contributed by atoms with E-state index in [0.717, 1.165) is 17.0 Å². The van der Waals surface area contributed by atoms with Crippen LogP contribution in [0.1, 0.15) is 19.4 Å². The van der Waals surface area contributed by atoms with Crippen LogP contribution in [-0.2, 0) is 11.2 Å². The van der Waals surface area contributed by atoms with E-state index in [4.69, 9.17) is 10.5 Å². The van der Waals surface area contributed by atoms with Crippen LogP contribution >= 0.6 is 12.4 Å². The van der Waals surface area contributed by atoms with Gasteiger partial charge < -0.3 is 15.8 Å². The molecule has 0 bridgehead atoms. The van der Waals surface area contributed by atoms with E-state index in [2.05, 4.69) is 19.2 Å². The summed E-state index contributed by atoms with van der Waals surface area (Å²) in [6.07, 6.45) is 0.317. The molecular weight excluding hydrogens is 312 g/mol. The molecule has 2 aromatic carbocycles. The van der Waals surface area contributed by atoms with Crippen molar-refractivity contribution in [3.05, 3.63) is 54.1 Å². The molecule has 4 nitrogen and oxygen atoms in total. The highest BCUT2D eigenvalue weighted by molar-refractivity contribution is 5.92. The van der Waals surface area contributed by atoms with Crippen molar-refractivity contribution in [3.8, 4) is 5.75 Å². The van der Waals surface area contributed by atoms with Crippen LogP contribution in [0.2, 0.25) is 0 Å². The van der Waals surface area contributed by atoms with Crippen LogP contribution in [0.15, 0.2) is 48.5 Å². The number of rotatable bonds is 6. The molecule has 0 aliphatic rings. The molecule has 5 heteroatoms. The molecule has 0 atom stereocenters. The Morgan fingerprint density at radius 2 is 1.87 bits per heavy atom. The molecule has 124 valence electrons. The van der Waals surface area contributed by atoms with Crippen LogP contribution in [0.5, 0.6) is 5.75 Å². The fourth-order valence-corrected chi connectivity index (χ4v) is 1.95. The number of anilines is 2. The zero-order valence-corrected chi connectivity index (χ0v) is 14.2. The van der Waals surface area contributed by atoms with E-state index in [9.17, 15) is 4.79 Å². The van der Waals surface area contributed by atoms with Gasteiger partial charge in [0.2, 0.25) is 5.91 Å². The number of nitrogens with two attached hydrogens (primary N) is 1. The van der Waals surface area contributed by atoms with E-state index in [1.807, 2.05) is 36.4 Å². The zero-order chi connectivity index (χ0) is 15.9. The van der Waals surface area contributed by atoms with Gasteiger partial charge in [-0.2, -0.15) is 0 Å². The number of nitrogens with one attached hydrogen (secondary N) is 1. The molecule has 23 heavy (non-hydrogen) atoms. The van der Waals surface area contributed by atoms with Gasteiger partial charge in [0.1, 0.15) is 5.75 Å². The molecule has 0 spiro atoms. The van der Waals surface area contributed by atoms with Crippen molar-refractivity contribution in [2.75, 3.05) is 17.7 Å². The smallest absolute Gasteiger partial charge is 0.228 e. The van der Waals surface area contributed by atoms with E-state index >= 15 is 0 Å². The second-order valence-electron chi connectivity index (χ2n) is 5.70. The van der Waals surface area contributed by atoms with E-state index < -0.39 is 0 Å². The van der Waals surface area contributed by atoms with Crippen molar-refractivity contribution in [1.29, 1.82) is 0 Å². The molecule has 0 aliphatic heterocycles. The number of ether oxygens (including phenoxy) is 1. The quantitative estimate of drug-likeness (QED) is 0.787. The fourth-order valence-electron chi connectivity index (χ4n) is 1.95. The fraction of sp³-hybridized carbons (Fsp3) is 0.278. The predicted molar refractivity (Wildman–Crippen MR) is 97.2 cm³/mol. The number of halogens is 1. The van der Waals surface area contributed by atoms with Gasteiger partial charge in [-0.3, -0.25) is 4.79 Å². The maximum absolute atomic E-state index is 12.1. The van der Waals surface area contributed by atoms with Gasteiger partial charge in [-0.15, -0.1) is 12.4 Å². The van der Waals surface area contributed by atoms with E-state index in [-0.39, 0.29) is 18.3 Å². The highest BCUT2D eigenvalue weighted by atomic mass is 35.5. The maximum Gasteiger partial charge on any atom is 0.228 e. The summed E-state index contributed by atoms with van der Waals surface area (Å²) < 4.78 is 5.66. The molecule has 2 rings (SSSR count). The van der Waals surface area contributed by atoms with Crippen LogP contribution in [0.4, 0.5) is 11.4 Å². The molecule has 0 unspecified atom stereocenters. The normalized spacial score (nSPS) is 10.0. The molecule has 0 radical (unpaired) electrons. The predicted octanol–water partition coefficient (Wildman–Crippen LogP) is 3.91. The number of hydrogen-bond acceptors (Lipinski definition) is 3. The van der Waals surface area contributed by atoms with E-state index in [1.54, 1.807) is 12.1 Å². The van der Waals surface area contributed by atoms with Crippen LogP contribution in [0.25, 0.3) is 0 Å². The van der Waals surface area contributed by atoms with Crippen LogP contribution in [0, 0.1) is 5.92 Å². The SMILES string of the molecule is CC(C)COc1cccc(NC(=O)Cc2ccc(N)cc2)c1.Cl. The molecular formula is C18H23ClN2O2. The number of nitrogen functional groups attached to an aromatic ring is 1. The molecule has 0 heterocycles. The Morgan fingerprint density at radius 1 is 1.17 bits per heavy atom. The summed E-state index contributed by atoms with van der Waals surface area (Å²) in [5, 5.41) is 2.88. The Kier molecular flexibility index (Phi) is 7.42. The van der Waals surface area contributed by atoms with Gasteiger partial charge in [-0.1, -0.05) is 32.0 Å². The summed E-state index contributed by atoms with van der Waals surface area (Å²) in [4.78, 5) is 12.1. The molecule has 0 fully saturated rings. The first-order valence-corrected chi connectivity index (χ1v) is 7.40. The standard InChI is InChI=1S/C18H22N2O2.ClH/c1-13(2)12-22-17-5-3-4-16(11-17)20-18(21)10-14-6-8-15(19)9-7-14;/h3-9,11,13H,10,12,19H2,1-2H3,(H,20,21);1H. The molecule has 3 N–H and O–H groups in total. The van der Waals surface area contributed by atoms with Gasteiger partial charge in [0, 0.05) is 17.4 Å². The zero-order valence-electron chi connectivity index (χ0n) is 13.4. The molecule has 0 saturated carbocycles. The Morgan fingerprint density at radius 3 is 2.52 bits per heavy atom. The molecule has 1 amide bonds. The van der Waals surface area contributed by atoms with Crippen molar-refractivity contribution in [3.63, 3.8) is 0 Å². The Hall–Kier alpha value is -2.20. The van der Waals surface area contributed by atoms with Crippen molar-refractivity contribution < 1.29 is 9.53 Å². The first-order chi connectivity index (χ1) is 10.5. The summed E-state index contributed by atoms with van der Waals surface area (Å²) in [6.45, 7) is 4.85. The van der Waals surface area contributed by atoms with Gasteiger partial charge in [0.25, 0.3) is 0 Å². The minimum atomic E-state index is -0.0641. The Labute approximate surface area is 143 Å². The molecule has 0 aliphatic carbocycles. The largest absolute Gasteiger partial charge is 0.493 e. The van der Waals surface area contributed by atoms with Crippen molar-refractivity contribution in [1.82, 2.24) is 0 Å². The number of carbonyl (C=O) groups is 1. The minimum Gasteiger partial charge on any atom is -0.493 e. The Balaban J connectivity index is 0.00000264. The third-order valence-corrected chi connectivity index (χ3v) is 3.05. The lowest BCUT2D eigenvalue weighted by molar-refractivity contribution is -0.115. The average molecular weight is 335 g/mol. The summed E-state index contributed by atoms with van der Waals surface area (Å²) >= 11 is 0. The lowest BCUT2D eigenvalue weighted by atomic mass is 10.1. The van der Waals surface area contributed by atoms with E-state index in [1.165, 1.54) is 0 Å². The average Bonchev–Trinajstić information content (AvgIpc) is 2.48. The summed E-state index contributed by atoms with van der Waals surface area (Å²) in [6, 6.07) is 14.7. The van der Waals surface area contributed by atoms with Gasteiger partial charge in [0.15, 0.2) is 0 Å². The summed E-state index contributed by atoms with van der Waals surface area (Å²) in [5.74, 6) is 1.16. The van der Waals surface area contributed by atoms with Gasteiger partial charge in [-0.05, 0) is 35.7 Å². The highest BCUT2D eigenvalue weighted by Gasteiger charge is 2.05. The number of amides is 1. The maximum atomic E-state index is 12.1. The third kappa shape index (κ3) is 6.61. The number of carbonyl (C=O) groups excluding carboxylic acids is 1. The first kappa shape index (κ1) is 18.8. The Bertz CT molecular complexity index is 627. The first-order valence-electron chi connectivity index (χ1n) is 7.40. The second-order valence-corrected chi connectivity index (χ2v) is 5.70. The van der Waals surface area contributed by atoms with Crippen molar-refractivity contribution in [2.45, 2.75) is 20.3 Å². The summed E-state index contributed by atoms with van der Waals surface area (Å²) in [7, 11) is 0. The molecule has 0 aromatic heterocycles. The van der Waals surface area contributed by atoms with Crippen LogP contribution < -0.4 is 15.8 Å². The van der Waals surface area contributed by atoms with Crippen molar-refractivity contribution in [2.24, 2.45) is 5.92 Å². The summed E-state index contributed by atoms with van der Waals surface area (Å²) in [5.41, 5.74) is 7.99. The highest BCUT2D eigenvalue weighted by Crippen LogP contribution is 2.18. The van der Waals surface area contributed by atoms with Gasteiger partial charge >= 0.3 is 0 Å². The topological polar surface area (TPSA) is 64.3 Å². The lowest BCUT2D eigenvalue weighted by Crippen LogP contribution is -2.14. The minimum absolute atomic E-state index is 0. The lowest BCUT2D eigenvalue weighted by Gasteiger charge is -2.11. The third-order valence-electron chi connectivity index (χ3n) is 3.05. The van der Waals surface area contributed by atoms with Crippen LogP contribution in [0.3, 0.4) is 0 Å².